The third-order valence-corrected chi connectivity index (χ3v) is 5.39. The van der Waals surface area contributed by atoms with Crippen LogP contribution in [0, 0.1) is 5.41 Å². The monoisotopic (exact) mass is 342 g/mol. The lowest BCUT2D eigenvalue weighted by molar-refractivity contribution is -0.138. The van der Waals surface area contributed by atoms with Crippen LogP contribution in [0.25, 0.3) is 5.78 Å². The first-order valence-electron chi connectivity index (χ1n) is 8.85. The highest BCUT2D eigenvalue weighted by Gasteiger charge is 2.42. The third kappa shape index (κ3) is 2.85. The van der Waals surface area contributed by atoms with Crippen molar-refractivity contribution < 1.29 is 9.59 Å². The van der Waals surface area contributed by atoms with Gasteiger partial charge >= 0.3 is 0 Å². The first kappa shape index (κ1) is 16.0. The standard InChI is InChI=1S/C17H22N6O2/c1-2-21-11-17(7-5-13(21)24)6-3-9-22(12-17)15(25)14-19-16-18-8-4-10-23(16)20-14/h4,8,10H,2-3,5-7,9,11-12H2,1H3/t17-/m1/s1. The number of amides is 2. The zero-order valence-electron chi connectivity index (χ0n) is 14.4. The van der Waals surface area contributed by atoms with Gasteiger partial charge in [0.25, 0.3) is 11.7 Å². The second kappa shape index (κ2) is 6.09. The van der Waals surface area contributed by atoms with E-state index in [-0.39, 0.29) is 23.1 Å². The number of likely N-dealkylation sites (tertiary alicyclic amines) is 2. The van der Waals surface area contributed by atoms with Gasteiger partial charge in [-0.3, -0.25) is 9.59 Å². The fourth-order valence-electron chi connectivity index (χ4n) is 4.07. The zero-order valence-corrected chi connectivity index (χ0v) is 14.4. The molecule has 1 spiro atoms. The number of carbonyl (C=O) groups excluding carboxylic acids is 2. The van der Waals surface area contributed by atoms with Crippen molar-refractivity contribution in [3.63, 3.8) is 0 Å². The molecule has 0 unspecified atom stereocenters. The number of rotatable bonds is 2. The summed E-state index contributed by atoms with van der Waals surface area (Å²) in [6.07, 6.45) is 6.80. The summed E-state index contributed by atoms with van der Waals surface area (Å²) in [7, 11) is 0. The molecule has 2 saturated heterocycles. The third-order valence-electron chi connectivity index (χ3n) is 5.39. The highest BCUT2D eigenvalue weighted by molar-refractivity contribution is 5.91. The highest BCUT2D eigenvalue weighted by atomic mass is 16.2. The second-order valence-corrected chi connectivity index (χ2v) is 7.04. The molecule has 2 amide bonds. The van der Waals surface area contributed by atoms with Gasteiger partial charge in [0, 0.05) is 50.4 Å². The van der Waals surface area contributed by atoms with Crippen LogP contribution in [0.4, 0.5) is 0 Å². The fraction of sp³-hybridized carbons (Fsp3) is 0.588. The minimum Gasteiger partial charge on any atom is -0.342 e. The predicted molar refractivity (Wildman–Crippen MR) is 89.8 cm³/mol. The van der Waals surface area contributed by atoms with Crippen molar-refractivity contribution in [2.75, 3.05) is 26.2 Å². The number of aromatic nitrogens is 4. The Morgan fingerprint density at radius 3 is 3.00 bits per heavy atom. The molecule has 25 heavy (non-hydrogen) atoms. The van der Waals surface area contributed by atoms with Gasteiger partial charge in [0.05, 0.1) is 0 Å². The zero-order chi connectivity index (χ0) is 17.4. The van der Waals surface area contributed by atoms with Gasteiger partial charge in [-0.1, -0.05) is 0 Å². The van der Waals surface area contributed by atoms with E-state index in [0.29, 0.717) is 25.3 Å². The molecule has 4 heterocycles. The van der Waals surface area contributed by atoms with Gasteiger partial charge in [-0.05, 0) is 32.3 Å². The van der Waals surface area contributed by atoms with Crippen molar-refractivity contribution in [2.24, 2.45) is 5.41 Å². The molecule has 8 nitrogen and oxygen atoms in total. The van der Waals surface area contributed by atoms with Crippen molar-refractivity contribution in [3.8, 4) is 0 Å². The van der Waals surface area contributed by atoms with Gasteiger partial charge in [0.2, 0.25) is 11.7 Å². The molecule has 0 aliphatic carbocycles. The molecule has 0 bridgehead atoms. The molecule has 2 aromatic heterocycles. The second-order valence-electron chi connectivity index (χ2n) is 7.04. The van der Waals surface area contributed by atoms with Crippen molar-refractivity contribution in [1.82, 2.24) is 29.4 Å². The topological polar surface area (TPSA) is 83.7 Å². The van der Waals surface area contributed by atoms with E-state index >= 15 is 0 Å². The van der Waals surface area contributed by atoms with Crippen LogP contribution < -0.4 is 0 Å². The summed E-state index contributed by atoms with van der Waals surface area (Å²) < 4.78 is 1.52. The molecule has 132 valence electrons. The first-order chi connectivity index (χ1) is 12.1. The van der Waals surface area contributed by atoms with Crippen LogP contribution in [0.2, 0.25) is 0 Å². The lowest BCUT2D eigenvalue weighted by Gasteiger charge is -2.47. The molecule has 0 aromatic carbocycles. The van der Waals surface area contributed by atoms with E-state index in [4.69, 9.17) is 0 Å². The van der Waals surface area contributed by atoms with Crippen LogP contribution in [0.15, 0.2) is 18.5 Å². The summed E-state index contributed by atoms with van der Waals surface area (Å²) in [6, 6.07) is 1.75. The molecule has 2 aliphatic heterocycles. The molecule has 0 N–H and O–H groups in total. The van der Waals surface area contributed by atoms with Crippen LogP contribution in [0.1, 0.15) is 43.2 Å². The summed E-state index contributed by atoms with van der Waals surface area (Å²) >= 11 is 0. The number of hydrogen-bond acceptors (Lipinski definition) is 5. The lowest BCUT2D eigenvalue weighted by Crippen LogP contribution is -2.55. The minimum atomic E-state index is -0.149. The van der Waals surface area contributed by atoms with Gasteiger partial charge in [0.15, 0.2) is 0 Å². The van der Waals surface area contributed by atoms with Crippen LogP contribution in [-0.2, 0) is 4.79 Å². The molecule has 4 rings (SSSR count). The Kier molecular flexibility index (Phi) is 3.89. The van der Waals surface area contributed by atoms with E-state index in [1.54, 1.807) is 18.5 Å². The molecular weight excluding hydrogens is 320 g/mol. The lowest BCUT2D eigenvalue weighted by atomic mass is 9.73. The molecule has 2 aliphatic rings. The van der Waals surface area contributed by atoms with Gasteiger partial charge in [-0.2, -0.15) is 4.98 Å². The van der Waals surface area contributed by atoms with Crippen molar-refractivity contribution in [2.45, 2.75) is 32.6 Å². The highest BCUT2D eigenvalue weighted by Crippen LogP contribution is 2.39. The Morgan fingerprint density at radius 2 is 2.20 bits per heavy atom. The quantitative estimate of drug-likeness (QED) is 0.813. The summed E-state index contributed by atoms with van der Waals surface area (Å²) in [5, 5.41) is 4.25. The first-order valence-corrected chi connectivity index (χ1v) is 8.85. The van der Waals surface area contributed by atoms with E-state index in [2.05, 4.69) is 15.1 Å². The average molecular weight is 342 g/mol. The predicted octanol–water partition coefficient (Wildman–Crippen LogP) is 0.989. The normalized spacial score (nSPS) is 24.3. The van der Waals surface area contributed by atoms with Crippen molar-refractivity contribution in [1.29, 1.82) is 0 Å². The maximum Gasteiger partial charge on any atom is 0.293 e. The molecule has 1 atom stereocenters. The largest absolute Gasteiger partial charge is 0.342 e. The van der Waals surface area contributed by atoms with E-state index in [1.807, 2.05) is 16.7 Å². The number of carbonyl (C=O) groups is 2. The number of hydrogen-bond donors (Lipinski definition) is 0. The maximum absolute atomic E-state index is 12.9. The van der Waals surface area contributed by atoms with Gasteiger partial charge in [-0.15, -0.1) is 5.10 Å². The van der Waals surface area contributed by atoms with Gasteiger partial charge < -0.3 is 9.80 Å². The summed E-state index contributed by atoms with van der Waals surface area (Å²) in [6.45, 7) is 4.86. The molecule has 2 fully saturated rings. The Bertz CT molecular complexity index is 785. The van der Waals surface area contributed by atoms with E-state index in [9.17, 15) is 9.59 Å². The number of piperidine rings is 2. The Morgan fingerprint density at radius 1 is 1.32 bits per heavy atom. The summed E-state index contributed by atoms with van der Waals surface area (Å²) in [5.41, 5.74) is 0.00917. The number of nitrogens with zero attached hydrogens (tertiary/aromatic N) is 6. The molecular formula is C17H22N6O2. The van der Waals surface area contributed by atoms with Crippen LogP contribution >= 0.6 is 0 Å². The maximum atomic E-state index is 12.9. The molecule has 2 aromatic rings. The fourth-order valence-corrected chi connectivity index (χ4v) is 4.07. The van der Waals surface area contributed by atoms with E-state index in [1.165, 1.54) is 4.52 Å². The van der Waals surface area contributed by atoms with E-state index < -0.39 is 0 Å². The smallest absolute Gasteiger partial charge is 0.293 e. The van der Waals surface area contributed by atoms with Gasteiger partial charge in [-0.25, -0.2) is 9.50 Å². The average Bonchev–Trinajstić information content (AvgIpc) is 3.07. The number of fused-ring (bicyclic) bond motifs is 1. The van der Waals surface area contributed by atoms with Crippen LogP contribution in [-0.4, -0.2) is 67.4 Å². The van der Waals surface area contributed by atoms with Crippen molar-refractivity contribution >= 4 is 17.6 Å². The molecule has 0 saturated carbocycles. The van der Waals surface area contributed by atoms with Crippen molar-refractivity contribution in [3.05, 3.63) is 24.3 Å². The van der Waals surface area contributed by atoms with Gasteiger partial charge in [0.1, 0.15) is 0 Å². The summed E-state index contributed by atoms with van der Waals surface area (Å²) in [5.74, 6) is 0.696. The molecule has 0 radical (unpaired) electrons. The van der Waals surface area contributed by atoms with Crippen LogP contribution in [0.3, 0.4) is 0 Å². The SMILES string of the molecule is CCN1C[C@@]2(CCCN(C(=O)c3nc4ncccn4n3)C2)CCC1=O. The Balaban J connectivity index is 1.54. The van der Waals surface area contributed by atoms with Crippen LogP contribution in [0.5, 0.6) is 0 Å². The Labute approximate surface area is 145 Å². The summed E-state index contributed by atoms with van der Waals surface area (Å²) in [4.78, 5) is 37.0. The minimum absolute atomic E-state index is 0.00917. The van der Waals surface area contributed by atoms with E-state index in [0.717, 1.165) is 32.4 Å². The molecule has 8 heteroatoms. The Hall–Kier alpha value is -2.51.